The van der Waals surface area contributed by atoms with Crippen LogP contribution in [-0.4, -0.2) is 61.1 Å². The van der Waals surface area contributed by atoms with Crippen molar-refractivity contribution >= 4 is 57.0 Å². The monoisotopic (exact) mass is 527 g/mol. The number of halogens is 3. The molecule has 3 amide bonds. The van der Waals surface area contributed by atoms with Gasteiger partial charge in [0.05, 0.1) is 28.2 Å². The fourth-order valence-corrected chi connectivity index (χ4v) is 3.52. The summed E-state index contributed by atoms with van der Waals surface area (Å²) in [5.74, 6) is -1.23. The molecule has 0 spiro atoms. The zero-order valence-electron chi connectivity index (χ0n) is 16.8. The number of carbonyl (C=O) groups excluding carboxylic acids is 3. The first-order valence-electron chi connectivity index (χ1n) is 8.74. The number of nitrogens with one attached hydrogen (secondary N) is 3. The molecule has 0 aliphatic heterocycles. The van der Waals surface area contributed by atoms with Crippen LogP contribution < -0.4 is 16.0 Å². The van der Waals surface area contributed by atoms with E-state index < -0.39 is 35.8 Å². The lowest BCUT2D eigenvalue weighted by molar-refractivity contribution is -0.122. The number of benzene rings is 1. The van der Waals surface area contributed by atoms with Crippen LogP contribution in [0.1, 0.15) is 31.1 Å². The number of alkyl carbamates (subject to hydrolysis) is 1. The van der Waals surface area contributed by atoms with Crippen molar-refractivity contribution in [2.75, 3.05) is 20.2 Å². The number of aliphatic hydroxyl groups excluding tert-OH is 1. The van der Waals surface area contributed by atoms with Gasteiger partial charge < -0.3 is 30.5 Å². The maximum Gasteiger partial charge on any atom is 0.408 e. The summed E-state index contributed by atoms with van der Waals surface area (Å²) in [5, 5.41) is 17.5. The van der Waals surface area contributed by atoms with Crippen LogP contribution in [0.5, 0.6) is 0 Å². The summed E-state index contributed by atoms with van der Waals surface area (Å²) >= 11 is 15.4. The van der Waals surface area contributed by atoms with Gasteiger partial charge in [-0.15, -0.1) is 0 Å². The molecular formula is C18H24BrCl2N3O6. The number of carbonyl (C=O) groups is 3. The van der Waals surface area contributed by atoms with Gasteiger partial charge in [-0.3, -0.25) is 9.59 Å². The first-order valence-corrected chi connectivity index (χ1v) is 10.3. The van der Waals surface area contributed by atoms with Crippen LogP contribution in [-0.2, 0) is 14.3 Å². The number of aliphatic hydroxyl groups is 1. The predicted octanol–water partition coefficient (Wildman–Crippen LogP) is 2.46. The van der Waals surface area contributed by atoms with Crippen molar-refractivity contribution in [3.63, 3.8) is 0 Å². The van der Waals surface area contributed by atoms with Crippen molar-refractivity contribution in [1.82, 2.24) is 16.0 Å². The standard InChI is InChI=1S/C18H24BrCl2N3O6/c1-18(2,3)30-17(28)23-8-13(25)22-7-12(16(27)29-4)24-15(26)14-10(20)5-9(19)6-11(14)21/h5-6,12,16,27H,7-8H2,1-4H3,(H,22,25)(H,23,28)(H,24,26)/t12-,16?/m0/s1. The molecule has 30 heavy (non-hydrogen) atoms. The van der Waals surface area contributed by atoms with E-state index in [-0.39, 0.29) is 28.7 Å². The zero-order valence-corrected chi connectivity index (χ0v) is 19.9. The zero-order chi connectivity index (χ0) is 23.1. The molecular weight excluding hydrogens is 505 g/mol. The lowest BCUT2D eigenvalue weighted by Crippen LogP contribution is -2.52. The van der Waals surface area contributed by atoms with Gasteiger partial charge in [0.1, 0.15) is 5.60 Å². The Balaban J connectivity index is 2.70. The number of ether oxygens (including phenoxy) is 2. The van der Waals surface area contributed by atoms with E-state index >= 15 is 0 Å². The molecule has 12 heteroatoms. The quantitative estimate of drug-likeness (QED) is 0.384. The molecule has 0 aliphatic rings. The fourth-order valence-electron chi connectivity index (χ4n) is 2.14. The minimum absolute atomic E-state index is 0.00718. The summed E-state index contributed by atoms with van der Waals surface area (Å²) < 4.78 is 10.5. The van der Waals surface area contributed by atoms with Gasteiger partial charge in [0.25, 0.3) is 5.91 Å². The SMILES string of the molecule is COC(O)[C@H](CNC(=O)CNC(=O)OC(C)(C)C)NC(=O)c1c(Cl)cc(Br)cc1Cl. The minimum Gasteiger partial charge on any atom is -0.444 e. The topological polar surface area (TPSA) is 126 Å². The van der Waals surface area contributed by atoms with Crippen molar-refractivity contribution in [2.45, 2.75) is 38.7 Å². The number of amides is 3. The molecule has 0 aromatic heterocycles. The van der Waals surface area contributed by atoms with Crippen LogP contribution in [0.25, 0.3) is 0 Å². The third-order valence-corrected chi connectivity index (χ3v) is 4.50. The Kier molecular flexibility index (Phi) is 10.3. The van der Waals surface area contributed by atoms with Crippen molar-refractivity contribution in [3.05, 3.63) is 32.2 Å². The lowest BCUT2D eigenvalue weighted by atomic mass is 10.2. The Bertz CT molecular complexity index is 765. The van der Waals surface area contributed by atoms with Crippen molar-refractivity contribution in [1.29, 1.82) is 0 Å². The van der Waals surface area contributed by atoms with Gasteiger partial charge in [-0.25, -0.2) is 4.79 Å². The molecule has 0 saturated carbocycles. The maximum absolute atomic E-state index is 12.6. The van der Waals surface area contributed by atoms with E-state index in [1.165, 1.54) is 19.2 Å². The van der Waals surface area contributed by atoms with Crippen LogP contribution >= 0.6 is 39.1 Å². The third kappa shape index (κ3) is 9.05. The normalized spacial score (nSPS) is 13.2. The highest BCUT2D eigenvalue weighted by Crippen LogP contribution is 2.29. The second-order valence-electron chi connectivity index (χ2n) is 7.11. The Morgan fingerprint density at radius 1 is 1.17 bits per heavy atom. The van der Waals surface area contributed by atoms with E-state index in [0.29, 0.717) is 4.47 Å². The first-order chi connectivity index (χ1) is 13.8. The summed E-state index contributed by atoms with van der Waals surface area (Å²) in [5.41, 5.74) is -0.693. The molecule has 1 unspecified atom stereocenters. The molecule has 168 valence electrons. The Morgan fingerprint density at radius 2 is 1.73 bits per heavy atom. The van der Waals surface area contributed by atoms with E-state index in [4.69, 9.17) is 32.7 Å². The lowest BCUT2D eigenvalue weighted by Gasteiger charge is -2.24. The van der Waals surface area contributed by atoms with Gasteiger partial charge in [0.2, 0.25) is 5.91 Å². The first kappa shape index (κ1) is 26.4. The van der Waals surface area contributed by atoms with E-state index in [1.807, 2.05) is 0 Å². The number of rotatable bonds is 8. The van der Waals surface area contributed by atoms with E-state index in [1.54, 1.807) is 20.8 Å². The summed E-state index contributed by atoms with van der Waals surface area (Å²) in [4.78, 5) is 36.1. The highest BCUT2D eigenvalue weighted by molar-refractivity contribution is 9.10. The Morgan fingerprint density at radius 3 is 2.23 bits per heavy atom. The molecule has 2 atom stereocenters. The molecule has 0 radical (unpaired) electrons. The molecule has 0 aliphatic carbocycles. The molecule has 9 nitrogen and oxygen atoms in total. The molecule has 0 heterocycles. The Hall–Kier alpha value is -1.59. The highest BCUT2D eigenvalue weighted by Gasteiger charge is 2.25. The second kappa shape index (κ2) is 11.7. The molecule has 1 aromatic rings. The van der Waals surface area contributed by atoms with Gasteiger partial charge in [-0.1, -0.05) is 39.1 Å². The van der Waals surface area contributed by atoms with Crippen LogP contribution in [0.4, 0.5) is 4.79 Å². The average molecular weight is 529 g/mol. The number of hydrogen-bond acceptors (Lipinski definition) is 6. The maximum atomic E-state index is 12.6. The average Bonchev–Trinajstić information content (AvgIpc) is 2.60. The third-order valence-electron chi connectivity index (χ3n) is 3.45. The Labute approximate surface area is 192 Å². The van der Waals surface area contributed by atoms with E-state index in [0.717, 1.165) is 0 Å². The highest BCUT2D eigenvalue weighted by atomic mass is 79.9. The minimum atomic E-state index is -1.43. The van der Waals surface area contributed by atoms with Gasteiger partial charge >= 0.3 is 6.09 Å². The van der Waals surface area contributed by atoms with Crippen LogP contribution in [0.3, 0.4) is 0 Å². The predicted molar refractivity (Wildman–Crippen MR) is 116 cm³/mol. The fraction of sp³-hybridized carbons (Fsp3) is 0.500. The largest absolute Gasteiger partial charge is 0.444 e. The van der Waals surface area contributed by atoms with Crippen LogP contribution in [0, 0.1) is 0 Å². The van der Waals surface area contributed by atoms with Crippen molar-refractivity contribution in [2.24, 2.45) is 0 Å². The summed E-state index contributed by atoms with van der Waals surface area (Å²) in [7, 11) is 1.23. The molecule has 0 bridgehead atoms. The van der Waals surface area contributed by atoms with Crippen molar-refractivity contribution in [3.8, 4) is 0 Å². The molecule has 0 saturated heterocycles. The van der Waals surface area contributed by atoms with Crippen LogP contribution in [0.2, 0.25) is 10.0 Å². The van der Waals surface area contributed by atoms with E-state index in [9.17, 15) is 19.5 Å². The molecule has 1 rings (SSSR count). The molecule has 0 fully saturated rings. The number of hydrogen-bond donors (Lipinski definition) is 4. The van der Waals surface area contributed by atoms with Gasteiger partial charge in [0.15, 0.2) is 6.29 Å². The van der Waals surface area contributed by atoms with Crippen molar-refractivity contribution < 1.29 is 29.0 Å². The summed E-state index contributed by atoms with van der Waals surface area (Å²) in [6.45, 7) is 4.52. The number of methoxy groups -OCH3 is 1. The van der Waals surface area contributed by atoms with Gasteiger partial charge in [0, 0.05) is 18.1 Å². The van der Waals surface area contributed by atoms with Crippen LogP contribution in [0.15, 0.2) is 16.6 Å². The second-order valence-corrected chi connectivity index (χ2v) is 8.84. The van der Waals surface area contributed by atoms with Gasteiger partial charge in [-0.2, -0.15) is 0 Å². The summed E-state index contributed by atoms with van der Waals surface area (Å²) in [6, 6.07) is 1.96. The smallest absolute Gasteiger partial charge is 0.408 e. The summed E-state index contributed by atoms with van der Waals surface area (Å²) in [6.07, 6.45) is -2.18. The van der Waals surface area contributed by atoms with E-state index in [2.05, 4.69) is 31.9 Å². The molecule has 4 N–H and O–H groups in total. The van der Waals surface area contributed by atoms with Gasteiger partial charge in [-0.05, 0) is 32.9 Å². The molecule has 1 aromatic carbocycles.